The van der Waals surface area contributed by atoms with E-state index in [9.17, 15) is 10.1 Å². The summed E-state index contributed by atoms with van der Waals surface area (Å²) in [6, 6.07) is 12.8. The van der Waals surface area contributed by atoms with Crippen LogP contribution in [0.3, 0.4) is 0 Å². The van der Waals surface area contributed by atoms with Gasteiger partial charge in [-0.3, -0.25) is 0 Å². The van der Waals surface area contributed by atoms with Crippen LogP contribution in [-0.4, -0.2) is 24.4 Å². The minimum absolute atomic E-state index is 0.412. The van der Waals surface area contributed by atoms with Gasteiger partial charge in [0.05, 0.1) is 13.7 Å². The third kappa shape index (κ3) is 2.31. The quantitative estimate of drug-likeness (QED) is 0.817. The molecule has 2 aromatic carbocycles. The van der Waals surface area contributed by atoms with Crippen LogP contribution >= 0.6 is 0 Å². The van der Waals surface area contributed by atoms with Crippen molar-refractivity contribution in [2.75, 3.05) is 7.11 Å². The summed E-state index contributed by atoms with van der Waals surface area (Å²) in [6.07, 6.45) is -0.737. The summed E-state index contributed by atoms with van der Waals surface area (Å²) in [4.78, 5) is 0. The van der Waals surface area contributed by atoms with E-state index in [2.05, 4.69) is 0 Å². The van der Waals surface area contributed by atoms with Crippen molar-refractivity contribution in [2.24, 2.45) is 0 Å². The van der Waals surface area contributed by atoms with Crippen molar-refractivity contribution in [3.05, 3.63) is 59.2 Å². The molecule has 0 fully saturated rings. The largest absolute Gasteiger partial charge is 0.497 e. The molecule has 2 aromatic rings. The number of methoxy groups -OCH3 is 1. The number of aliphatic hydroxyl groups excluding tert-OH is 1. The van der Waals surface area contributed by atoms with Gasteiger partial charge in [-0.1, -0.05) is 30.3 Å². The molecule has 3 rings (SSSR count). The molecule has 0 bridgehead atoms. The Morgan fingerprint density at radius 3 is 2.55 bits per heavy atom. The van der Waals surface area contributed by atoms with Crippen molar-refractivity contribution >= 4 is 12.6 Å². The normalized spacial score (nSPS) is 15.1. The van der Waals surface area contributed by atoms with E-state index in [0.29, 0.717) is 6.61 Å². The molecule has 0 amide bonds. The first kappa shape index (κ1) is 13.2. The summed E-state index contributed by atoms with van der Waals surface area (Å²) in [6.45, 7) is 0.412. The number of ether oxygens (including phenoxy) is 1. The average Bonchev–Trinajstić information content (AvgIpc) is 2.87. The minimum Gasteiger partial charge on any atom is -0.497 e. The van der Waals surface area contributed by atoms with Crippen LogP contribution in [0.5, 0.6) is 5.75 Å². The lowest BCUT2D eigenvalue weighted by molar-refractivity contribution is 0.220. The molecule has 20 heavy (non-hydrogen) atoms. The average molecular weight is 270 g/mol. The van der Waals surface area contributed by atoms with Gasteiger partial charge in [-0.25, -0.2) is 0 Å². The topological polar surface area (TPSA) is 58.9 Å². The lowest BCUT2D eigenvalue weighted by atomic mass is 9.78. The molecule has 2 N–H and O–H groups in total. The van der Waals surface area contributed by atoms with Gasteiger partial charge in [-0.2, -0.15) is 0 Å². The third-order valence-electron chi connectivity index (χ3n) is 3.58. The fourth-order valence-corrected chi connectivity index (χ4v) is 2.38. The molecule has 0 aliphatic carbocycles. The van der Waals surface area contributed by atoms with E-state index in [1.165, 1.54) is 0 Å². The van der Waals surface area contributed by atoms with Gasteiger partial charge in [0.15, 0.2) is 0 Å². The van der Waals surface area contributed by atoms with Gasteiger partial charge in [0.2, 0.25) is 0 Å². The summed E-state index contributed by atoms with van der Waals surface area (Å²) in [5.74, 6) is 0.749. The molecular weight excluding hydrogens is 255 g/mol. The van der Waals surface area contributed by atoms with Crippen molar-refractivity contribution in [1.82, 2.24) is 0 Å². The van der Waals surface area contributed by atoms with E-state index < -0.39 is 13.2 Å². The lowest BCUT2D eigenvalue weighted by Gasteiger charge is -2.13. The van der Waals surface area contributed by atoms with E-state index in [1.807, 2.05) is 36.4 Å². The van der Waals surface area contributed by atoms with Gasteiger partial charge in [0.1, 0.15) is 11.9 Å². The molecule has 1 aliphatic rings. The molecule has 1 aliphatic heterocycles. The molecule has 102 valence electrons. The Morgan fingerprint density at radius 1 is 1.15 bits per heavy atom. The van der Waals surface area contributed by atoms with Crippen LogP contribution in [-0.2, 0) is 11.3 Å². The highest BCUT2D eigenvalue weighted by molar-refractivity contribution is 6.61. The first-order chi connectivity index (χ1) is 9.69. The van der Waals surface area contributed by atoms with Crippen molar-refractivity contribution in [2.45, 2.75) is 12.7 Å². The van der Waals surface area contributed by atoms with E-state index in [-0.39, 0.29) is 0 Å². The van der Waals surface area contributed by atoms with Crippen LogP contribution in [0, 0.1) is 0 Å². The number of fused-ring (bicyclic) bond motifs is 1. The SMILES string of the molecule is COc1ccc(C(O)c2ccc3c(c2)B(O)OC3)cc1. The summed E-state index contributed by atoms with van der Waals surface area (Å²) in [5.41, 5.74) is 3.20. The van der Waals surface area contributed by atoms with Gasteiger partial charge in [0, 0.05) is 0 Å². The monoisotopic (exact) mass is 270 g/mol. The second-order valence-corrected chi connectivity index (χ2v) is 4.80. The van der Waals surface area contributed by atoms with Crippen molar-refractivity contribution in [1.29, 1.82) is 0 Å². The maximum absolute atomic E-state index is 10.4. The summed E-state index contributed by atoms with van der Waals surface area (Å²) >= 11 is 0. The summed E-state index contributed by atoms with van der Waals surface area (Å²) < 4.78 is 10.2. The predicted octanol–water partition coefficient (Wildman–Crippen LogP) is 0.995. The molecule has 1 heterocycles. The molecule has 0 saturated heterocycles. The zero-order valence-corrected chi connectivity index (χ0v) is 11.1. The first-order valence-corrected chi connectivity index (χ1v) is 6.43. The molecule has 0 spiro atoms. The fraction of sp³-hybridized carbons (Fsp3) is 0.200. The van der Waals surface area contributed by atoms with Crippen molar-refractivity contribution in [3.8, 4) is 5.75 Å². The summed E-state index contributed by atoms with van der Waals surface area (Å²) in [7, 11) is 0.709. The second-order valence-electron chi connectivity index (χ2n) is 4.80. The minimum atomic E-state index is -0.895. The van der Waals surface area contributed by atoms with Crippen LogP contribution in [0.25, 0.3) is 0 Å². The Bertz CT molecular complexity index is 612. The number of rotatable bonds is 3. The number of benzene rings is 2. The van der Waals surface area contributed by atoms with Crippen molar-refractivity contribution < 1.29 is 19.5 Å². The standard InChI is InChI=1S/C15H15BO4/c1-19-13-6-4-10(5-7-13)15(17)11-2-3-12-9-20-16(18)14(12)8-11/h2-8,15,17-18H,9H2,1H3. The van der Waals surface area contributed by atoms with Crippen molar-refractivity contribution in [3.63, 3.8) is 0 Å². The summed E-state index contributed by atoms with van der Waals surface area (Å²) in [5, 5.41) is 20.1. The van der Waals surface area contributed by atoms with E-state index in [0.717, 1.165) is 27.9 Å². The number of hydrogen-bond donors (Lipinski definition) is 2. The molecule has 5 heteroatoms. The van der Waals surface area contributed by atoms with Gasteiger partial charge < -0.3 is 19.5 Å². The van der Waals surface area contributed by atoms with E-state index in [4.69, 9.17) is 9.39 Å². The first-order valence-electron chi connectivity index (χ1n) is 6.43. The Balaban J connectivity index is 1.90. The maximum Gasteiger partial charge on any atom is 0.491 e. The maximum atomic E-state index is 10.4. The van der Waals surface area contributed by atoms with Gasteiger partial charge >= 0.3 is 7.12 Å². The molecular formula is C15H15BO4. The Morgan fingerprint density at radius 2 is 1.85 bits per heavy atom. The van der Waals surface area contributed by atoms with Crippen LogP contribution in [0.4, 0.5) is 0 Å². The highest BCUT2D eigenvalue weighted by atomic mass is 16.5. The Kier molecular flexibility index (Phi) is 3.48. The number of aliphatic hydroxyl groups is 1. The van der Waals surface area contributed by atoms with Gasteiger partial charge in [-0.15, -0.1) is 0 Å². The highest BCUT2D eigenvalue weighted by Gasteiger charge is 2.28. The molecule has 1 atom stereocenters. The Labute approximate surface area is 117 Å². The molecule has 0 saturated carbocycles. The van der Waals surface area contributed by atoms with Crippen LogP contribution in [0.2, 0.25) is 0 Å². The molecule has 0 aromatic heterocycles. The zero-order valence-electron chi connectivity index (χ0n) is 11.1. The van der Waals surface area contributed by atoms with E-state index in [1.54, 1.807) is 13.2 Å². The Hall–Kier alpha value is -1.82. The molecule has 1 unspecified atom stereocenters. The van der Waals surface area contributed by atoms with Gasteiger partial charge in [-0.05, 0) is 34.3 Å². The van der Waals surface area contributed by atoms with Gasteiger partial charge in [0.25, 0.3) is 0 Å². The second kappa shape index (κ2) is 5.29. The van der Waals surface area contributed by atoms with Crippen LogP contribution in [0.15, 0.2) is 42.5 Å². The fourth-order valence-electron chi connectivity index (χ4n) is 2.38. The molecule has 0 radical (unpaired) electrons. The van der Waals surface area contributed by atoms with Crippen LogP contribution in [0.1, 0.15) is 22.8 Å². The zero-order chi connectivity index (χ0) is 14.1. The molecule has 4 nitrogen and oxygen atoms in total. The van der Waals surface area contributed by atoms with Crippen LogP contribution < -0.4 is 10.2 Å². The van der Waals surface area contributed by atoms with E-state index >= 15 is 0 Å². The number of hydrogen-bond acceptors (Lipinski definition) is 4. The smallest absolute Gasteiger partial charge is 0.491 e. The predicted molar refractivity (Wildman–Crippen MR) is 75.9 cm³/mol. The highest BCUT2D eigenvalue weighted by Crippen LogP contribution is 2.24. The third-order valence-corrected chi connectivity index (χ3v) is 3.58. The lowest BCUT2D eigenvalue weighted by Crippen LogP contribution is -2.28.